The fraction of sp³-hybridized carbons (Fsp3) is 0.235. The highest BCUT2D eigenvalue weighted by atomic mass is 35.5. The molecule has 0 fully saturated rings. The number of nitriles is 1. The van der Waals surface area contributed by atoms with E-state index in [-0.39, 0.29) is 10.7 Å². The molecule has 6 nitrogen and oxygen atoms in total. The molecule has 0 aliphatic rings. The highest BCUT2D eigenvalue weighted by Crippen LogP contribution is 2.23. The quantitative estimate of drug-likeness (QED) is 0.567. The van der Waals surface area contributed by atoms with E-state index < -0.39 is 5.97 Å². The number of ether oxygens (including phenoxy) is 1. The van der Waals surface area contributed by atoms with E-state index in [1.165, 1.54) is 13.2 Å². The summed E-state index contributed by atoms with van der Waals surface area (Å²) in [4.78, 5) is 15.8. The smallest absolute Gasteiger partial charge is 0.358 e. The molecule has 0 aliphatic heterocycles. The number of nitrogens with zero attached hydrogens (tertiary/aromatic N) is 2. The van der Waals surface area contributed by atoms with Crippen LogP contribution in [0.15, 0.2) is 30.3 Å². The average molecular weight is 379 g/mol. The third-order valence-corrected chi connectivity index (χ3v) is 3.95. The Balaban J connectivity index is 1.90. The predicted octanol–water partition coefficient (Wildman–Crippen LogP) is 3.25. The van der Waals surface area contributed by atoms with Crippen molar-refractivity contribution >= 4 is 34.9 Å². The molecule has 1 heterocycles. The van der Waals surface area contributed by atoms with Crippen LogP contribution in [0.1, 0.15) is 21.7 Å². The zero-order valence-electron chi connectivity index (χ0n) is 13.5. The lowest BCUT2D eigenvalue weighted by atomic mass is 10.2. The zero-order chi connectivity index (χ0) is 18.2. The Hall–Kier alpha value is -2.33. The molecule has 2 N–H and O–H groups in total. The van der Waals surface area contributed by atoms with Crippen LogP contribution >= 0.6 is 23.2 Å². The first-order valence-corrected chi connectivity index (χ1v) is 8.19. The van der Waals surface area contributed by atoms with E-state index in [1.54, 1.807) is 6.07 Å². The van der Waals surface area contributed by atoms with Gasteiger partial charge in [-0.15, -0.1) is 0 Å². The number of benzene rings is 1. The number of rotatable bonds is 7. The first kappa shape index (κ1) is 19.0. The zero-order valence-corrected chi connectivity index (χ0v) is 15.0. The minimum Gasteiger partial charge on any atom is -0.464 e. The molecule has 0 bridgehead atoms. The van der Waals surface area contributed by atoms with Gasteiger partial charge < -0.3 is 15.4 Å². The Morgan fingerprint density at radius 1 is 1.28 bits per heavy atom. The van der Waals surface area contributed by atoms with Crippen LogP contribution in [0.4, 0.5) is 5.69 Å². The van der Waals surface area contributed by atoms with Crippen molar-refractivity contribution in [2.45, 2.75) is 6.54 Å². The summed E-state index contributed by atoms with van der Waals surface area (Å²) in [5, 5.41) is 15.9. The molecule has 25 heavy (non-hydrogen) atoms. The molecule has 0 spiro atoms. The number of hydrogen-bond acceptors (Lipinski definition) is 6. The molecular formula is C17H16Cl2N4O2. The van der Waals surface area contributed by atoms with Gasteiger partial charge in [0.2, 0.25) is 0 Å². The van der Waals surface area contributed by atoms with Gasteiger partial charge in [0.05, 0.1) is 34.1 Å². The number of para-hydroxylation sites is 1. The maximum atomic E-state index is 11.6. The first-order chi connectivity index (χ1) is 12.1. The van der Waals surface area contributed by atoms with Gasteiger partial charge in [-0.3, -0.25) is 0 Å². The molecule has 0 amide bonds. The monoisotopic (exact) mass is 378 g/mol. The number of hydrogen-bond donors (Lipinski definition) is 2. The lowest BCUT2D eigenvalue weighted by molar-refractivity contribution is 0.0594. The molecule has 2 aromatic rings. The van der Waals surface area contributed by atoms with E-state index in [0.29, 0.717) is 35.9 Å². The summed E-state index contributed by atoms with van der Waals surface area (Å²) >= 11 is 12.1. The number of nitrogens with one attached hydrogen (secondary N) is 2. The molecular weight excluding hydrogens is 363 g/mol. The highest BCUT2D eigenvalue weighted by Gasteiger charge is 2.16. The van der Waals surface area contributed by atoms with Crippen LogP contribution in [0.2, 0.25) is 10.0 Å². The lowest BCUT2D eigenvalue weighted by Gasteiger charge is -2.11. The molecule has 0 radical (unpaired) electrons. The van der Waals surface area contributed by atoms with Crippen molar-refractivity contribution in [2.24, 2.45) is 0 Å². The van der Waals surface area contributed by atoms with Gasteiger partial charge in [-0.05, 0) is 18.2 Å². The third kappa shape index (κ3) is 5.07. The van der Waals surface area contributed by atoms with Gasteiger partial charge in [0.1, 0.15) is 6.07 Å². The van der Waals surface area contributed by atoms with Crippen molar-refractivity contribution in [3.63, 3.8) is 0 Å². The van der Waals surface area contributed by atoms with Gasteiger partial charge in [0.15, 0.2) is 5.69 Å². The number of halogens is 2. The second kappa shape index (κ2) is 9.23. The van der Waals surface area contributed by atoms with E-state index in [0.717, 1.165) is 5.69 Å². The molecule has 0 atom stereocenters. The normalized spacial score (nSPS) is 10.2. The minimum absolute atomic E-state index is 0.0337. The second-order valence-electron chi connectivity index (χ2n) is 5.00. The number of aromatic nitrogens is 1. The Morgan fingerprint density at radius 3 is 2.76 bits per heavy atom. The number of methoxy groups -OCH3 is 1. The van der Waals surface area contributed by atoms with E-state index in [2.05, 4.69) is 26.4 Å². The van der Waals surface area contributed by atoms with Gasteiger partial charge in [0, 0.05) is 19.6 Å². The van der Waals surface area contributed by atoms with E-state index >= 15 is 0 Å². The summed E-state index contributed by atoms with van der Waals surface area (Å²) in [6.45, 7) is 1.57. The Kier molecular flexibility index (Phi) is 7.02. The number of anilines is 1. The second-order valence-corrected chi connectivity index (χ2v) is 5.81. The van der Waals surface area contributed by atoms with Crippen LogP contribution in [0.5, 0.6) is 0 Å². The maximum Gasteiger partial charge on any atom is 0.358 e. The van der Waals surface area contributed by atoms with Gasteiger partial charge in [-0.25, -0.2) is 9.78 Å². The number of carbonyl (C=O) groups excluding carboxylic acids is 1. The molecule has 8 heteroatoms. The van der Waals surface area contributed by atoms with Gasteiger partial charge in [0.25, 0.3) is 0 Å². The van der Waals surface area contributed by atoms with E-state index in [1.807, 2.05) is 18.2 Å². The van der Waals surface area contributed by atoms with Crippen molar-refractivity contribution in [3.05, 3.63) is 57.3 Å². The SMILES string of the molecule is COC(=O)c1nc(CNCCNc2ccccc2C#N)c(Cl)cc1Cl. The molecule has 1 aromatic heterocycles. The maximum absolute atomic E-state index is 11.6. The summed E-state index contributed by atoms with van der Waals surface area (Å²) in [6, 6.07) is 10.9. The topological polar surface area (TPSA) is 87.0 Å². The molecule has 1 aromatic carbocycles. The molecule has 0 saturated heterocycles. The standard InChI is InChI=1S/C17H16Cl2N4O2/c1-25-17(24)16-13(19)8-12(18)15(23-16)10-21-6-7-22-14-5-3-2-4-11(14)9-20/h2-5,8,21-22H,6-7,10H2,1H3. The number of pyridine rings is 1. The summed E-state index contributed by atoms with van der Waals surface area (Å²) in [6.07, 6.45) is 0. The van der Waals surface area contributed by atoms with Gasteiger partial charge in [-0.1, -0.05) is 35.3 Å². The van der Waals surface area contributed by atoms with E-state index in [9.17, 15) is 4.79 Å². The Morgan fingerprint density at radius 2 is 2.04 bits per heavy atom. The summed E-state index contributed by atoms with van der Waals surface area (Å²) < 4.78 is 4.64. The van der Waals surface area contributed by atoms with Crippen LogP contribution in [-0.4, -0.2) is 31.2 Å². The highest BCUT2D eigenvalue weighted by molar-refractivity contribution is 6.36. The summed E-state index contributed by atoms with van der Waals surface area (Å²) in [7, 11) is 1.26. The molecule has 0 aliphatic carbocycles. The van der Waals surface area contributed by atoms with Crippen molar-refractivity contribution in [2.75, 3.05) is 25.5 Å². The number of carbonyl (C=O) groups is 1. The lowest BCUT2D eigenvalue weighted by Crippen LogP contribution is -2.23. The van der Waals surface area contributed by atoms with Crippen LogP contribution in [0.25, 0.3) is 0 Å². The average Bonchev–Trinajstić information content (AvgIpc) is 2.62. The first-order valence-electron chi connectivity index (χ1n) is 7.43. The van der Waals surface area contributed by atoms with Gasteiger partial charge in [-0.2, -0.15) is 5.26 Å². The van der Waals surface area contributed by atoms with Gasteiger partial charge >= 0.3 is 5.97 Å². The predicted molar refractivity (Wildman–Crippen MR) is 96.9 cm³/mol. The Bertz CT molecular complexity index is 806. The third-order valence-electron chi connectivity index (χ3n) is 3.34. The molecule has 0 unspecified atom stereocenters. The fourth-order valence-electron chi connectivity index (χ4n) is 2.10. The van der Waals surface area contributed by atoms with Crippen LogP contribution in [-0.2, 0) is 11.3 Å². The summed E-state index contributed by atoms with van der Waals surface area (Å²) in [5.74, 6) is -0.613. The molecule has 0 saturated carbocycles. The minimum atomic E-state index is -0.613. The number of esters is 1. The Labute approximate surface area is 155 Å². The molecule has 130 valence electrons. The van der Waals surface area contributed by atoms with E-state index in [4.69, 9.17) is 28.5 Å². The van der Waals surface area contributed by atoms with Crippen molar-refractivity contribution in [3.8, 4) is 6.07 Å². The van der Waals surface area contributed by atoms with Crippen molar-refractivity contribution in [1.29, 1.82) is 5.26 Å². The van der Waals surface area contributed by atoms with Crippen LogP contribution < -0.4 is 10.6 Å². The fourth-order valence-corrected chi connectivity index (χ4v) is 2.60. The summed E-state index contributed by atoms with van der Waals surface area (Å²) in [5.41, 5.74) is 1.91. The van der Waals surface area contributed by atoms with Crippen LogP contribution in [0, 0.1) is 11.3 Å². The largest absolute Gasteiger partial charge is 0.464 e. The van der Waals surface area contributed by atoms with Crippen molar-refractivity contribution in [1.82, 2.24) is 10.3 Å². The van der Waals surface area contributed by atoms with Crippen LogP contribution in [0.3, 0.4) is 0 Å². The van der Waals surface area contributed by atoms with Crippen molar-refractivity contribution < 1.29 is 9.53 Å². The molecule has 2 rings (SSSR count).